The highest BCUT2D eigenvalue weighted by atomic mass is 79.9. The van der Waals surface area contributed by atoms with Crippen LogP contribution >= 0.6 is 15.9 Å². The number of rotatable bonds is 8. The molecule has 7 nitrogen and oxygen atoms in total. The minimum atomic E-state index is -3.79. The molecule has 9 heteroatoms. The van der Waals surface area contributed by atoms with Gasteiger partial charge in [-0.1, -0.05) is 45.8 Å². The van der Waals surface area contributed by atoms with Gasteiger partial charge in [-0.05, 0) is 36.8 Å². The lowest BCUT2D eigenvalue weighted by Gasteiger charge is -2.08. The van der Waals surface area contributed by atoms with Gasteiger partial charge in [0.05, 0.1) is 11.4 Å². The molecule has 1 amide bonds. The minimum Gasteiger partial charge on any atom is -0.460 e. The van der Waals surface area contributed by atoms with E-state index in [-0.39, 0.29) is 18.0 Å². The molecule has 27 heavy (non-hydrogen) atoms. The van der Waals surface area contributed by atoms with Gasteiger partial charge in [0.25, 0.3) is 0 Å². The van der Waals surface area contributed by atoms with Crippen molar-refractivity contribution in [2.24, 2.45) is 0 Å². The van der Waals surface area contributed by atoms with Gasteiger partial charge in [0.15, 0.2) is 0 Å². The normalized spacial score (nSPS) is 11.0. The molecule has 0 aromatic heterocycles. The Morgan fingerprint density at radius 1 is 1.00 bits per heavy atom. The quantitative estimate of drug-likeness (QED) is 0.593. The van der Waals surface area contributed by atoms with Crippen LogP contribution in [0.25, 0.3) is 0 Å². The van der Waals surface area contributed by atoms with E-state index in [1.54, 1.807) is 24.3 Å². The van der Waals surface area contributed by atoms with Gasteiger partial charge in [-0.3, -0.25) is 9.59 Å². The van der Waals surface area contributed by atoms with E-state index in [0.717, 1.165) is 15.6 Å². The van der Waals surface area contributed by atoms with Crippen LogP contribution < -0.4 is 10.0 Å². The van der Waals surface area contributed by atoms with Gasteiger partial charge in [-0.2, -0.15) is 0 Å². The highest BCUT2D eigenvalue weighted by Crippen LogP contribution is 2.11. The number of aryl methyl sites for hydroxylation is 1. The molecule has 0 atom stereocenters. The molecule has 2 rings (SSSR count). The number of hydrogen-bond donors (Lipinski definition) is 2. The second kappa shape index (κ2) is 9.63. The van der Waals surface area contributed by atoms with Crippen LogP contribution in [-0.2, 0) is 31.0 Å². The molecule has 0 aliphatic rings. The monoisotopic (exact) mass is 454 g/mol. The topological polar surface area (TPSA) is 102 Å². The zero-order valence-corrected chi connectivity index (χ0v) is 17.0. The second-order valence-corrected chi connectivity index (χ2v) is 8.38. The van der Waals surface area contributed by atoms with Crippen molar-refractivity contribution >= 4 is 37.8 Å². The van der Waals surface area contributed by atoms with Crippen molar-refractivity contribution in [2.75, 3.05) is 13.1 Å². The van der Waals surface area contributed by atoms with Crippen molar-refractivity contribution < 1.29 is 22.7 Å². The lowest BCUT2D eigenvalue weighted by Crippen LogP contribution is -2.39. The average molecular weight is 455 g/mol. The van der Waals surface area contributed by atoms with E-state index < -0.39 is 28.4 Å². The Bertz CT molecular complexity index is 896. The van der Waals surface area contributed by atoms with E-state index in [2.05, 4.69) is 26.0 Å². The van der Waals surface area contributed by atoms with Crippen molar-refractivity contribution in [3.05, 3.63) is 64.1 Å². The number of halogens is 1. The van der Waals surface area contributed by atoms with Crippen molar-refractivity contribution in [3.8, 4) is 0 Å². The van der Waals surface area contributed by atoms with Gasteiger partial charge >= 0.3 is 5.97 Å². The molecule has 2 aromatic carbocycles. The van der Waals surface area contributed by atoms with E-state index in [1.165, 1.54) is 12.1 Å². The third kappa shape index (κ3) is 7.12. The summed E-state index contributed by atoms with van der Waals surface area (Å²) in [4.78, 5) is 23.5. The molecule has 0 saturated heterocycles. The molecule has 144 valence electrons. The lowest BCUT2D eigenvalue weighted by atomic mass is 10.2. The summed E-state index contributed by atoms with van der Waals surface area (Å²) >= 11 is 3.31. The van der Waals surface area contributed by atoms with Crippen molar-refractivity contribution in [1.29, 1.82) is 0 Å². The first-order chi connectivity index (χ1) is 12.8. The molecule has 2 N–H and O–H groups in total. The number of ether oxygens (including phenoxy) is 1. The lowest BCUT2D eigenvalue weighted by molar-refractivity contribution is -0.145. The highest BCUT2D eigenvalue weighted by molar-refractivity contribution is 9.10. The smallest absolute Gasteiger partial charge is 0.325 e. The van der Waals surface area contributed by atoms with Gasteiger partial charge in [0, 0.05) is 4.47 Å². The van der Waals surface area contributed by atoms with Gasteiger partial charge in [0.1, 0.15) is 13.2 Å². The first kappa shape index (κ1) is 21.1. The summed E-state index contributed by atoms with van der Waals surface area (Å²) in [5.74, 6) is -1.25. The number of amides is 1. The zero-order chi connectivity index (χ0) is 19.9. The largest absolute Gasteiger partial charge is 0.460 e. The fourth-order valence-corrected chi connectivity index (χ4v) is 3.24. The molecule has 0 saturated carbocycles. The maximum atomic E-state index is 12.1. The van der Waals surface area contributed by atoms with Crippen LogP contribution in [0.2, 0.25) is 0 Å². The molecule has 0 heterocycles. The number of hydrogen-bond acceptors (Lipinski definition) is 5. The Balaban J connectivity index is 1.72. The second-order valence-electron chi connectivity index (χ2n) is 5.70. The molecule has 0 aliphatic carbocycles. The van der Waals surface area contributed by atoms with Crippen molar-refractivity contribution in [1.82, 2.24) is 10.0 Å². The first-order valence-electron chi connectivity index (χ1n) is 7.99. The SMILES string of the molecule is Cc1ccc(S(=O)(=O)NCC(=O)NCC(=O)OCc2ccc(Br)cc2)cc1. The van der Waals surface area contributed by atoms with Gasteiger partial charge in [-0.25, -0.2) is 13.1 Å². The van der Waals surface area contributed by atoms with Crippen LogP contribution in [0.15, 0.2) is 57.9 Å². The first-order valence-corrected chi connectivity index (χ1v) is 10.3. The molecule has 0 radical (unpaired) electrons. The molecule has 0 fully saturated rings. The summed E-state index contributed by atoms with van der Waals surface area (Å²) in [5.41, 5.74) is 1.73. The summed E-state index contributed by atoms with van der Waals surface area (Å²) in [6, 6.07) is 13.5. The molecular weight excluding hydrogens is 436 g/mol. The maximum Gasteiger partial charge on any atom is 0.325 e. The van der Waals surface area contributed by atoms with Gasteiger partial charge in [0.2, 0.25) is 15.9 Å². The maximum absolute atomic E-state index is 12.1. The molecule has 2 aromatic rings. The van der Waals surface area contributed by atoms with Crippen LogP contribution in [0.5, 0.6) is 0 Å². The minimum absolute atomic E-state index is 0.0646. The fourth-order valence-electron chi connectivity index (χ4n) is 1.99. The van der Waals surface area contributed by atoms with E-state index in [4.69, 9.17) is 4.74 Å². The van der Waals surface area contributed by atoms with Crippen molar-refractivity contribution in [2.45, 2.75) is 18.4 Å². The number of sulfonamides is 1. The summed E-state index contributed by atoms with van der Waals surface area (Å²) in [7, 11) is -3.79. The molecule has 0 spiro atoms. The standard InChI is InChI=1S/C18H19BrN2O5S/c1-13-2-8-16(9-3-13)27(24,25)21-10-17(22)20-11-18(23)26-12-14-4-6-15(19)7-5-14/h2-9,21H,10-12H2,1H3,(H,20,22). The third-order valence-electron chi connectivity index (χ3n) is 3.50. The number of esters is 1. The Kier molecular flexibility index (Phi) is 7.52. The Morgan fingerprint density at radius 2 is 1.63 bits per heavy atom. The predicted molar refractivity (Wildman–Crippen MR) is 103 cm³/mol. The summed E-state index contributed by atoms with van der Waals surface area (Å²) in [6.07, 6.45) is 0. The van der Waals surface area contributed by atoms with Crippen molar-refractivity contribution in [3.63, 3.8) is 0 Å². The van der Waals surface area contributed by atoms with Crippen LogP contribution in [-0.4, -0.2) is 33.4 Å². The average Bonchev–Trinajstić information content (AvgIpc) is 2.64. The summed E-state index contributed by atoms with van der Waals surface area (Å²) < 4.78 is 32.3. The Hall–Kier alpha value is -2.23. The molecule has 0 aliphatic heterocycles. The number of nitrogens with one attached hydrogen (secondary N) is 2. The van der Waals surface area contributed by atoms with E-state index in [9.17, 15) is 18.0 Å². The zero-order valence-electron chi connectivity index (χ0n) is 14.6. The Morgan fingerprint density at radius 3 is 2.26 bits per heavy atom. The number of carbonyl (C=O) groups is 2. The summed E-state index contributed by atoms with van der Waals surface area (Å²) in [6.45, 7) is 1.10. The molecular formula is C18H19BrN2O5S. The van der Waals surface area contributed by atoms with Crippen LogP contribution in [0.4, 0.5) is 0 Å². The van der Waals surface area contributed by atoms with Gasteiger partial charge in [-0.15, -0.1) is 0 Å². The van der Waals surface area contributed by atoms with Gasteiger partial charge < -0.3 is 10.1 Å². The summed E-state index contributed by atoms with van der Waals surface area (Å²) in [5, 5.41) is 2.31. The van der Waals surface area contributed by atoms with E-state index in [0.29, 0.717) is 0 Å². The number of carbonyl (C=O) groups excluding carboxylic acids is 2. The molecule has 0 bridgehead atoms. The fraction of sp³-hybridized carbons (Fsp3) is 0.222. The highest BCUT2D eigenvalue weighted by Gasteiger charge is 2.15. The predicted octanol–water partition coefficient (Wildman–Crippen LogP) is 1.90. The Labute approximate surface area is 166 Å². The van der Waals surface area contributed by atoms with E-state index >= 15 is 0 Å². The molecule has 0 unspecified atom stereocenters. The third-order valence-corrected chi connectivity index (χ3v) is 5.44. The van der Waals surface area contributed by atoms with Crippen LogP contribution in [0, 0.1) is 6.92 Å². The van der Waals surface area contributed by atoms with E-state index in [1.807, 2.05) is 19.1 Å². The number of benzene rings is 2. The van der Waals surface area contributed by atoms with Crippen LogP contribution in [0.1, 0.15) is 11.1 Å². The van der Waals surface area contributed by atoms with Crippen LogP contribution in [0.3, 0.4) is 0 Å².